The molecule has 4 aromatic carbocycles. The van der Waals surface area contributed by atoms with Crippen molar-refractivity contribution in [2.24, 2.45) is 0 Å². The molecular weight excluding hydrogens is 482 g/mol. The monoisotopic (exact) mass is 521 g/mol. The topological polar surface area (TPSA) is 47.6 Å². The number of hydrogen-bond acceptors (Lipinski definition) is 4. The Bertz CT molecular complexity index is 1310. The number of para-hydroxylation sites is 1. The Balaban J connectivity index is 1.21. The number of ether oxygens (including phenoxy) is 2. The highest BCUT2D eigenvalue weighted by molar-refractivity contribution is 5.89. The minimum Gasteiger partial charge on any atom is -0.489 e. The Morgan fingerprint density at radius 1 is 0.667 bits per heavy atom. The van der Waals surface area contributed by atoms with Crippen molar-refractivity contribution < 1.29 is 14.3 Å². The quantitative estimate of drug-likeness (QED) is 0.157. The van der Waals surface area contributed by atoms with Crippen LogP contribution in [0.15, 0.2) is 103 Å². The summed E-state index contributed by atoms with van der Waals surface area (Å²) in [5.41, 5.74) is 6.26. The van der Waals surface area contributed by atoms with E-state index < -0.39 is 5.60 Å². The Morgan fingerprint density at radius 3 is 1.95 bits per heavy atom. The lowest BCUT2D eigenvalue weighted by molar-refractivity contribution is 0.00695. The first-order valence-electron chi connectivity index (χ1n) is 13.7. The number of esters is 1. The highest BCUT2D eigenvalue weighted by Gasteiger charge is 2.17. The Labute approximate surface area is 233 Å². The highest BCUT2D eigenvalue weighted by Crippen LogP contribution is 2.20. The number of carbonyl (C=O) groups excluding carboxylic acids is 1. The highest BCUT2D eigenvalue weighted by atomic mass is 16.6. The first-order valence-corrected chi connectivity index (χ1v) is 13.7. The van der Waals surface area contributed by atoms with Gasteiger partial charge in [0.1, 0.15) is 18.0 Å². The molecule has 0 aliphatic heterocycles. The molecule has 0 fully saturated rings. The molecule has 0 aliphatic rings. The van der Waals surface area contributed by atoms with Crippen molar-refractivity contribution in [3.05, 3.63) is 137 Å². The van der Waals surface area contributed by atoms with Crippen LogP contribution in [-0.2, 0) is 37.2 Å². The van der Waals surface area contributed by atoms with Gasteiger partial charge < -0.3 is 14.8 Å². The molecule has 0 spiro atoms. The molecule has 0 bridgehead atoms. The molecule has 4 nitrogen and oxygen atoms in total. The minimum absolute atomic E-state index is 0.294. The zero-order valence-corrected chi connectivity index (χ0v) is 23.3. The van der Waals surface area contributed by atoms with Gasteiger partial charge in [-0.2, -0.15) is 0 Å². The molecule has 0 saturated carbocycles. The predicted molar refractivity (Wildman–Crippen MR) is 158 cm³/mol. The van der Waals surface area contributed by atoms with Crippen molar-refractivity contribution in [2.45, 2.75) is 58.8 Å². The molecule has 0 saturated heterocycles. The number of benzene rings is 4. The SMILES string of the molecule is CC(C)(C)OC(=O)c1ccc(CNCCc2ccccc2OCc2ccc(CCc3ccccc3)cc2)cc1. The predicted octanol–water partition coefficient (Wildman–Crippen LogP) is 7.34. The van der Waals surface area contributed by atoms with E-state index >= 15 is 0 Å². The summed E-state index contributed by atoms with van der Waals surface area (Å²) < 4.78 is 11.6. The van der Waals surface area contributed by atoms with E-state index in [1.807, 2.05) is 57.2 Å². The van der Waals surface area contributed by atoms with Gasteiger partial charge in [-0.05, 0) is 92.6 Å². The van der Waals surface area contributed by atoms with Gasteiger partial charge in [-0.3, -0.25) is 0 Å². The first-order chi connectivity index (χ1) is 18.9. The van der Waals surface area contributed by atoms with Gasteiger partial charge in [-0.1, -0.05) is 84.9 Å². The third-order valence-corrected chi connectivity index (χ3v) is 6.42. The molecule has 0 unspecified atom stereocenters. The lowest BCUT2D eigenvalue weighted by Gasteiger charge is -2.19. The lowest BCUT2D eigenvalue weighted by Crippen LogP contribution is -2.23. The number of carbonyl (C=O) groups is 1. The largest absolute Gasteiger partial charge is 0.489 e. The Hall–Kier alpha value is -3.89. The fourth-order valence-electron chi connectivity index (χ4n) is 4.30. The van der Waals surface area contributed by atoms with E-state index in [2.05, 4.69) is 72.0 Å². The zero-order chi connectivity index (χ0) is 27.5. The minimum atomic E-state index is -0.495. The van der Waals surface area contributed by atoms with Crippen molar-refractivity contribution in [2.75, 3.05) is 6.54 Å². The maximum Gasteiger partial charge on any atom is 0.338 e. The summed E-state index contributed by atoms with van der Waals surface area (Å²) in [6.45, 7) is 7.72. The van der Waals surface area contributed by atoms with Crippen LogP contribution in [0, 0.1) is 0 Å². The number of hydrogen-bond donors (Lipinski definition) is 1. The van der Waals surface area contributed by atoms with Gasteiger partial charge in [-0.15, -0.1) is 0 Å². The van der Waals surface area contributed by atoms with Crippen LogP contribution in [0.4, 0.5) is 0 Å². The van der Waals surface area contributed by atoms with E-state index in [4.69, 9.17) is 9.47 Å². The van der Waals surface area contributed by atoms with Crippen molar-refractivity contribution in [1.82, 2.24) is 5.32 Å². The summed E-state index contributed by atoms with van der Waals surface area (Å²) in [7, 11) is 0. The second-order valence-corrected chi connectivity index (χ2v) is 10.8. The van der Waals surface area contributed by atoms with E-state index in [1.54, 1.807) is 0 Å². The molecule has 1 N–H and O–H groups in total. The van der Waals surface area contributed by atoms with Crippen LogP contribution < -0.4 is 10.1 Å². The molecule has 0 aliphatic carbocycles. The van der Waals surface area contributed by atoms with Crippen LogP contribution in [0.25, 0.3) is 0 Å². The normalized spacial score (nSPS) is 11.3. The molecule has 4 aromatic rings. The molecule has 0 heterocycles. The van der Waals surface area contributed by atoms with Crippen LogP contribution in [0.5, 0.6) is 5.75 Å². The summed E-state index contributed by atoms with van der Waals surface area (Å²) in [4.78, 5) is 12.2. The van der Waals surface area contributed by atoms with Crippen molar-refractivity contribution in [3.8, 4) is 5.75 Å². The third-order valence-electron chi connectivity index (χ3n) is 6.42. The van der Waals surface area contributed by atoms with Gasteiger partial charge in [0.25, 0.3) is 0 Å². The fraction of sp³-hybridized carbons (Fsp3) is 0.286. The van der Waals surface area contributed by atoms with Gasteiger partial charge in [0.2, 0.25) is 0 Å². The Morgan fingerprint density at radius 2 is 1.26 bits per heavy atom. The van der Waals surface area contributed by atoms with E-state index in [-0.39, 0.29) is 5.97 Å². The molecule has 0 radical (unpaired) electrons. The van der Waals surface area contributed by atoms with Gasteiger partial charge in [0.15, 0.2) is 0 Å². The maximum absolute atomic E-state index is 12.2. The summed E-state index contributed by atoms with van der Waals surface area (Å²) in [6.07, 6.45) is 2.95. The smallest absolute Gasteiger partial charge is 0.338 e. The van der Waals surface area contributed by atoms with E-state index in [9.17, 15) is 4.79 Å². The second-order valence-electron chi connectivity index (χ2n) is 10.8. The zero-order valence-electron chi connectivity index (χ0n) is 23.3. The molecule has 39 heavy (non-hydrogen) atoms. The second kappa shape index (κ2) is 13.8. The lowest BCUT2D eigenvalue weighted by atomic mass is 10.0. The summed E-state index contributed by atoms with van der Waals surface area (Å²) in [5, 5.41) is 3.50. The van der Waals surface area contributed by atoms with Crippen LogP contribution >= 0.6 is 0 Å². The fourth-order valence-corrected chi connectivity index (χ4v) is 4.30. The number of aryl methyl sites for hydroxylation is 2. The third kappa shape index (κ3) is 9.42. The van der Waals surface area contributed by atoms with Crippen LogP contribution in [-0.4, -0.2) is 18.1 Å². The van der Waals surface area contributed by atoms with E-state index in [0.29, 0.717) is 12.2 Å². The van der Waals surface area contributed by atoms with Gasteiger partial charge in [-0.25, -0.2) is 4.79 Å². The van der Waals surface area contributed by atoms with Gasteiger partial charge in [0.05, 0.1) is 5.56 Å². The van der Waals surface area contributed by atoms with E-state index in [1.165, 1.54) is 22.3 Å². The summed E-state index contributed by atoms with van der Waals surface area (Å²) >= 11 is 0. The van der Waals surface area contributed by atoms with Crippen molar-refractivity contribution >= 4 is 5.97 Å². The maximum atomic E-state index is 12.2. The van der Waals surface area contributed by atoms with E-state index in [0.717, 1.165) is 43.7 Å². The number of rotatable bonds is 12. The molecule has 202 valence electrons. The average molecular weight is 522 g/mol. The molecule has 0 aromatic heterocycles. The van der Waals surface area contributed by atoms with Crippen LogP contribution in [0.2, 0.25) is 0 Å². The van der Waals surface area contributed by atoms with Gasteiger partial charge in [0, 0.05) is 6.54 Å². The van der Waals surface area contributed by atoms with Crippen LogP contribution in [0.1, 0.15) is 58.9 Å². The molecular formula is C35H39NO3. The average Bonchev–Trinajstić information content (AvgIpc) is 2.94. The number of nitrogens with one attached hydrogen (secondary N) is 1. The molecule has 0 atom stereocenters. The first kappa shape index (κ1) is 28.1. The van der Waals surface area contributed by atoms with Crippen molar-refractivity contribution in [1.29, 1.82) is 0 Å². The van der Waals surface area contributed by atoms with Crippen LogP contribution in [0.3, 0.4) is 0 Å². The summed E-state index contributed by atoms with van der Waals surface area (Å²) in [6, 6.07) is 35.2. The van der Waals surface area contributed by atoms with Crippen molar-refractivity contribution in [3.63, 3.8) is 0 Å². The molecule has 4 heteroatoms. The standard InChI is InChI=1S/C35H39NO3/c1-35(2,3)39-34(37)32-21-19-29(20-22-32)25-36-24-23-31-11-7-8-12-33(31)38-26-30-17-15-28(16-18-30)14-13-27-9-5-4-6-10-27/h4-12,15-22,36H,13-14,23-26H2,1-3H3. The molecule has 4 rings (SSSR count). The van der Waals surface area contributed by atoms with Gasteiger partial charge >= 0.3 is 5.97 Å². The Kier molecular flexibility index (Phi) is 9.93. The molecule has 0 amide bonds. The summed E-state index contributed by atoms with van der Waals surface area (Å²) in [5.74, 6) is 0.631.